The number of Topliss-reactive ketones (excluding diaryl/α,β-unsaturated/α-hetero) is 2. The van der Waals surface area contributed by atoms with E-state index in [1.54, 1.807) is 6.92 Å². The lowest BCUT2D eigenvalue weighted by Gasteiger charge is -2.64. The molecule has 4 heteroatoms. The van der Waals surface area contributed by atoms with Crippen molar-refractivity contribution in [2.75, 3.05) is 6.54 Å². The van der Waals surface area contributed by atoms with Crippen molar-refractivity contribution in [3.63, 3.8) is 0 Å². The lowest BCUT2D eigenvalue weighted by Crippen LogP contribution is -2.60. The smallest absolute Gasteiger partial charge is 0.178 e. The van der Waals surface area contributed by atoms with Crippen LogP contribution in [0.2, 0.25) is 0 Å². The summed E-state index contributed by atoms with van der Waals surface area (Å²) in [6, 6.07) is 2.21. The number of carbonyl (C=O) groups excluding carboxylic acids is 2. The first kappa shape index (κ1) is 30.1. The van der Waals surface area contributed by atoms with Crippen LogP contribution in [0, 0.1) is 61.6 Å². The maximum atomic E-state index is 13.2. The predicted octanol–water partition coefficient (Wildman–Crippen LogP) is 7.66. The second-order valence-corrected chi connectivity index (χ2v) is 15.8. The Morgan fingerprint density at radius 1 is 1.14 bits per heavy atom. The van der Waals surface area contributed by atoms with E-state index in [9.17, 15) is 14.9 Å². The quantitative estimate of drug-likeness (QED) is 0.381. The van der Waals surface area contributed by atoms with Crippen LogP contribution in [0.15, 0.2) is 11.6 Å². The first-order chi connectivity index (χ1) is 16.8. The molecule has 0 aromatic carbocycles. The van der Waals surface area contributed by atoms with Crippen molar-refractivity contribution in [2.45, 2.75) is 121 Å². The normalized spacial score (nSPS) is 39.4. The summed E-state index contributed by atoms with van der Waals surface area (Å²) < 4.78 is 0. The second-order valence-electron chi connectivity index (χ2n) is 15.8. The van der Waals surface area contributed by atoms with Gasteiger partial charge in [-0.25, -0.2) is 0 Å². The van der Waals surface area contributed by atoms with E-state index < -0.39 is 5.41 Å². The summed E-state index contributed by atoms with van der Waals surface area (Å²) in [5, 5.41) is 9.88. The van der Waals surface area contributed by atoms with Gasteiger partial charge in [0.05, 0.1) is 5.57 Å². The first-order valence-corrected chi connectivity index (χ1v) is 14.7. The number of carbonyl (C=O) groups is 2. The van der Waals surface area contributed by atoms with Gasteiger partial charge in [0.25, 0.3) is 0 Å². The fourth-order valence-electron chi connectivity index (χ4n) is 9.31. The average Bonchev–Trinajstić information content (AvgIpc) is 2.78. The summed E-state index contributed by atoms with van der Waals surface area (Å²) in [6.07, 6.45) is 10.2. The molecule has 0 bridgehead atoms. The van der Waals surface area contributed by atoms with Crippen molar-refractivity contribution in [3.05, 3.63) is 11.6 Å². The molecule has 0 saturated heterocycles. The number of fused-ring (bicyclic) bond motifs is 1. The SMILES string of the molecule is CC(=O)C[C@@H]1[C@@]2(C)C=C(C#N)C(=O)C(C)(C)C2CC[C@@]1(C)C(C)(C)CC[C@@]1(CN)CCC(C)(C)CC1C. The topological polar surface area (TPSA) is 84.0 Å². The highest BCUT2D eigenvalue weighted by Crippen LogP contribution is 2.68. The molecular formula is C33H54N2O2. The molecule has 208 valence electrons. The van der Waals surface area contributed by atoms with Gasteiger partial charge in [0, 0.05) is 11.8 Å². The van der Waals surface area contributed by atoms with Crippen molar-refractivity contribution in [2.24, 2.45) is 56.0 Å². The summed E-state index contributed by atoms with van der Waals surface area (Å²) in [5.74, 6) is 0.933. The molecule has 3 rings (SSSR count). The van der Waals surface area contributed by atoms with E-state index in [1.165, 1.54) is 19.3 Å². The van der Waals surface area contributed by atoms with Crippen molar-refractivity contribution in [3.8, 4) is 6.07 Å². The Bertz CT molecular complexity index is 998. The number of allylic oxidation sites excluding steroid dienone is 2. The molecule has 2 fully saturated rings. The molecule has 2 saturated carbocycles. The van der Waals surface area contributed by atoms with Crippen molar-refractivity contribution >= 4 is 11.6 Å². The molecule has 6 atom stereocenters. The van der Waals surface area contributed by atoms with Crippen LogP contribution in [-0.2, 0) is 9.59 Å². The zero-order valence-electron chi connectivity index (χ0n) is 25.5. The third-order valence-electron chi connectivity index (χ3n) is 12.4. The molecule has 3 aliphatic rings. The van der Waals surface area contributed by atoms with Crippen LogP contribution in [0.25, 0.3) is 0 Å². The molecular weight excluding hydrogens is 456 g/mol. The minimum absolute atomic E-state index is 0.0256. The summed E-state index contributed by atoms with van der Waals surface area (Å²) in [5.41, 5.74) is 6.23. The Morgan fingerprint density at radius 3 is 2.27 bits per heavy atom. The predicted molar refractivity (Wildman–Crippen MR) is 152 cm³/mol. The van der Waals surface area contributed by atoms with Crippen LogP contribution in [0.5, 0.6) is 0 Å². The monoisotopic (exact) mass is 510 g/mol. The van der Waals surface area contributed by atoms with Gasteiger partial charge >= 0.3 is 0 Å². The van der Waals surface area contributed by atoms with Gasteiger partial charge in [-0.2, -0.15) is 5.26 Å². The van der Waals surface area contributed by atoms with Crippen molar-refractivity contribution < 1.29 is 9.59 Å². The van der Waals surface area contributed by atoms with Crippen molar-refractivity contribution in [1.29, 1.82) is 5.26 Å². The highest BCUT2D eigenvalue weighted by atomic mass is 16.1. The summed E-state index contributed by atoms with van der Waals surface area (Å²) in [7, 11) is 0. The summed E-state index contributed by atoms with van der Waals surface area (Å²) >= 11 is 0. The van der Waals surface area contributed by atoms with Gasteiger partial charge in [-0.15, -0.1) is 0 Å². The number of nitrogens with two attached hydrogens (primary N) is 1. The lowest BCUT2D eigenvalue weighted by molar-refractivity contribution is -0.156. The molecule has 2 N–H and O–H groups in total. The number of nitriles is 1. The van der Waals surface area contributed by atoms with E-state index in [4.69, 9.17) is 5.73 Å². The van der Waals surface area contributed by atoms with E-state index >= 15 is 0 Å². The molecule has 3 aliphatic carbocycles. The van der Waals surface area contributed by atoms with E-state index in [-0.39, 0.29) is 50.6 Å². The largest absolute Gasteiger partial charge is 0.330 e. The molecule has 0 heterocycles. The number of ketones is 2. The summed E-state index contributed by atoms with van der Waals surface area (Å²) in [4.78, 5) is 26.0. The Morgan fingerprint density at radius 2 is 1.76 bits per heavy atom. The second kappa shape index (κ2) is 9.62. The molecule has 4 nitrogen and oxygen atoms in total. The van der Waals surface area contributed by atoms with Gasteiger partial charge < -0.3 is 10.5 Å². The zero-order valence-corrected chi connectivity index (χ0v) is 25.5. The van der Waals surface area contributed by atoms with Gasteiger partial charge in [0.2, 0.25) is 0 Å². The van der Waals surface area contributed by atoms with Gasteiger partial charge in [0.1, 0.15) is 11.9 Å². The molecule has 0 aromatic rings. The van der Waals surface area contributed by atoms with Crippen LogP contribution >= 0.6 is 0 Å². The molecule has 0 aromatic heterocycles. The van der Waals surface area contributed by atoms with E-state index in [2.05, 4.69) is 54.5 Å². The van der Waals surface area contributed by atoms with Crippen LogP contribution in [0.3, 0.4) is 0 Å². The van der Waals surface area contributed by atoms with Crippen LogP contribution in [0.4, 0.5) is 0 Å². The fraction of sp³-hybridized carbons (Fsp3) is 0.848. The average molecular weight is 511 g/mol. The number of hydrogen-bond acceptors (Lipinski definition) is 4. The third kappa shape index (κ3) is 4.88. The van der Waals surface area contributed by atoms with E-state index in [0.29, 0.717) is 17.8 Å². The Balaban J connectivity index is 2.01. The lowest BCUT2D eigenvalue weighted by atomic mass is 9.39. The molecule has 37 heavy (non-hydrogen) atoms. The van der Waals surface area contributed by atoms with Gasteiger partial charge in [-0.05, 0) is 103 Å². The van der Waals surface area contributed by atoms with E-state index in [1.807, 2.05) is 19.9 Å². The fourth-order valence-corrected chi connectivity index (χ4v) is 9.31. The van der Waals surface area contributed by atoms with E-state index in [0.717, 1.165) is 32.2 Å². The Kier molecular flexibility index (Phi) is 7.82. The highest BCUT2D eigenvalue weighted by Gasteiger charge is 2.63. The van der Waals surface area contributed by atoms with Gasteiger partial charge in [0.15, 0.2) is 5.78 Å². The molecule has 2 unspecified atom stereocenters. The van der Waals surface area contributed by atoms with Gasteiger partial charge in [-0.3, -0.25) is 4.79 Å². The number of hydrogen-bond donors (Lipinski definition) is 1. The first-order valence-electron chi connectivity index (χ1n) is 14.7. The zero-order chi connectivity index (χ0) is 28.2. The van der Waals surface area contributed by atoms with Crippen LogP contribution < -0.4 is 5.73 Å². The Labute approximate surface area is 227 Å². The molecule has 0 aliphatic heterocycles. The third-order valence-corrected chi connectivity index (χ3v) is 12.4. The maximum absolute atomic E-state index is 13.2. The Hall–Kier alpha value is -1.47. The number of nitrogens with zero attached hydrogens (tertiary/aromatic N) is 1. The van der Waals surface area contributed by atoms with Crippen LogP contribution in [0.1, 0.15) is 121 Å². The highest BCUT2D eigenvalue weighted by molar-refractivity contribution is 6.04. The standard InChI is InChI=1S/C33H54N2O2/c1-22-18-28(3,4)13-15-33(22,21-35)16-14-29(5,6)32(10)12-11-25-30(7,8)27(37)24(20-34)19-31(25,9)26(32)17-23(2)36/h19,22,25-26H,11-18,21,35H2,1-10H3/t22?,25?,26-,31+,32-,33-/m1/s1. The molecule has 0 spiro atoms. The molecule has 0 radical (unpaired) electrons. The van der Waals surface area contributed by atoms with Crippen LogP contribution in [-0.4, -0.2) is 18.1 Å². The maximum Gasteiger partial charge on any atom is 0.178 e. The molecule has 0 amide bonds. The minimum atomic E-state index is -0.608. The van der Waals surface area contributed by atoms with Gasteiger partial charge in [-0.1, -0.05) is 68.4 Å². The minimum Gasteiger partial charge on any atom is -0.330 e. The summed E-state index contributed by atoms with van der Waals surface area (Å²) in [6.45, 7) is 23.1. The number of rotatable bonds is 7. The van der Waals surface area contributed by atoms with Crippen molar-refractivity contribution in [1.82, 2.24) is 0 Å².